The van der Waals surface area contributed by atoms with E-state index < -0.39 is 24.0 Å². The van der Waals surface area contributed by atoms with Crippen molar-refractivity contribution in [1.82, 2.24) is 5.16 Å². The molecule has 0 aliphatic carbocycles. The highest BCUT2D eigenvalue weighted by Gasteiger charge is 2.14. The fourth-order valence-electron chi connectivity index (χ4n) is 1.62. The molecule has 0 saturated carbocycles. The standard InChI is InChI=1S/C13H13F2NO4/c1-18-7-10-4-9(16-20-10)6-19-13-11(14)2-8(5-17)3-12(13)15/h2-4,17H,5-7H2,1H3. The molecule has 20 heavy (non-hydrogen) atoms. The number of hydrogen-bond donors (Lipinski definition) is 1. The summed E-state index contributed by atoms with van der Waals surface area (Å²) in [5.74, 6) is -1.79. The maximum atomic E-state index is 13.6. The van der Waals surface area contributed by atoms with Gasteiger partial charge in [0.1, 0.15) is 18.9 Å². The van der Waals surface area contributed by atoms with Crippen LogP contribution in [0.4, 0.5) is 8.78 Å². The zero-order valence-corrected chi connectivity index (χ0v) is 10.7. The first-order chi connectivity index (χ1) is 9.63. The van der Waals surface area contributed by atoms with Crippen molar-refractivity contribution in [3.8, 4) is 5.75 Å². The van der Waals surface area contributed by atoms with Crippen molar-refractivity contribution >= 4 is 0 Å². The van der Waals surface area contributed by atoms with Crippen molar-refractivity contribution < 1.29 is 27.9 Å². The first-order valence-electron chi connectivity index (χ1n) is 5.79. The van der Waals surface area contributed by atoms with Crippen LogP contribution < -0.4 is 4.74 Å². The molecule has 1 heterocycles. The van der Waals surface area contributed by atoms with Gasteiger partial charge in [0.15, 0.2) is 23.1 Å². The third-order valence-corrected chi connectivity index (χ3v) is 2.50. The lowest BCUT2D eigenvalue weighted by Gasteiger charge is -2.07. The van der Waals surface area contributed by atoms with E-state index in [2.05, 4.69) is 5.16 Å². The second-order valence-electron chi connectivity index (χ2n) is 4.05. The Balaban J connectivity index is 2.06. The van der Waals surface area contributed by atoms with E-state index in [0.717, 1.165) is 12.1 Å². The minimum atomic E-state index is -0.880. The van der Waals surface area contributed by atoms with Gasteiger partial charge in [-0.15, -0.1) is 0 Å². The van der Waals surface area contributed by atoms with Crippen LogP contribution >= 0.6 is 0 Å². The molecule has 5 nitrogen and oxygen atoms in total. The van der Waals surface area contributed by atoms with Crippen LogP contribution in [0.5, 0.6) is 5.75 Å². The van der Waals surface area contributed by atoms with Crippen LogP contribution in [0.3, 0.4) is 0 Å². The molecule has 1 N–H and O–H groups in total. The molecule has 0 fully saturated rings. The summed E-state index contributed by atoms with van der Waals surface area (Å²) in [5.41, 5.74) is 0.526. The topological polar surface area (TPSA) is 64.7 Å². The number of nitrogens with zero attached hydrogens (tertiary/aromatic N) is 1. The molecular formula is C13H13F2NO4. The Labute approximate surface area is 113 Å². The van der Waals surface area contributed by atoms with Crippen molar-refractivity contribution in [3.63, 3.8) is 0 Å². The Morgan fingerprint density at radius 3 is 2.50 bits per heavy atom. The van der Waals surface area contributed by atoms with Gasteiger partial charge in [-0.1, -0.05) is 5.16 Å². The highest BCUT2D eigenvalue weighted by molar-refractivity contribution is 5.31. The Morgan fingerprint density at radius 2 is 1.90 bits per heavy atom. The van der Waals surface area contributed by atoms with Crippen molar-refractivity contribution in [2.24, 2.45) is 0 Å². The summed E-state index contributed by atoms with van der Waals surface area (Å²) >= 11 is 0. The minimum absolute atomic E-state index is 0.135. The van der Waals surface area contributed by atoms with E-state index in [1.54, 1.807) is 6.07 Å². The quantitative estimate of drug-likeness (QED) is 0.881. The molecule has 2 rings (SSSR count). The van der Waals surface area contributed by atoms with Crippen molar-refractivity contribution in [2.75, 3.05) is 7.11 Å². The Kier molecular flexibility index (Phi) is 4.65. The number of rotatable bonds is 6. The maximum absolute atomic E-state index is 13.6. The maximum Gasteiger partial charge on any atom is 0.191 e. The Bertz CT molecular complexity index is 562. The highest BCUT2D eigenvalue weighted by Crippen LogP contribution is 2.24. The SMILES string of the molecule is COCc1cc(COc2c(F)cc(CO)cc2F)no1. The number of aromatic nitrogens is 1. The number of aliphatic hydroxyl groups excluding tert-OH is 1. The van der Waals surface area contributed by atoms with Gasteiger partial charge in [0.05, 0.1) is 6.61 Å². The van der Waals surface area contributed by atoms with Crippen LogP contribution in [0.2, 0.25) is 0 Å². The molecule has 0 spiro atoms. The number of methoxy groups -OCH3 is 1. The van der Waals surface area contributed by atoms with E-state index in [1.807, 2.05) is 0 Å². The number of benzene rings is 1. The molecule has 0 radical (unpaired) electrons. The van der Waals surface area contributed by atoms with Crippen LogP contribution in [-0.4, -0.2) is 17.4 Å². The van der Waals surface area contributed by atoms with Crippen LogP contribution in [0, 0.1) is 11.6 Å². The van der Waals surface area contributed by atoms with Crippen LogP contribution in [-0.2, 0) is 24.6 Å². The summed E-state index contributed by atoms with van der Waals surface area (Å²) in [4.78, 5) is 0. The van der Waals surface area contributed by atoms with Crippen molar-refractivity contribution in [2.45, 2.75) is 19.8 Å². The predicted molar refractivity (Wildman–Crippen MR) is 63.8 cm³/mol. The second kappa shape index (κ2) is 6.44. The molecule has 0 aliphatic rings. The lowest BCUT2D eigenvalue weighted by atomic mass is 10.2. The minimum Gasteiger partial charge on any atom is -0.481 e. The molecule has 0 bridgehead atoms. The van der Waals surface area contributed by atoms with Crippen LogP contribution in [0.1, 0.15) is 17.0 Å². The normalized spacial score (nSPS) is 10.8. The summed E-state index contributed by atoms with van der Waals surface area (Å²) in [6.07, 6.45) is 0. The van der Waals surface area contributed by atoms with Gasteiger partial charge in [0.2, 0.25) is 0 Å². The molecule has 0 amide bonds. The molecule has 0 unspecified atom stereocenters. The molecule has 1 aromatic carbocycles. The molecular weight excluding hydrogens is 272 g/mol. The summed E-state index contributed by atoms with van der Waals surface area (Å²) < 4.78 is 42.0. The molecule has 108 valence electrons. The van der Waals surface area contributed by atoms with Gasteiger partial charge in [-0.25, -0.2) is 8.78 Å². The molecule has 1 aromatic heterocycles. The van der Waals surface area contributed by atoms with E-state index in [4.69, 9.17) is 19.1 Å². The van der Waals surface area contributed by atoms with E-state index in [-0.39, 0.29) is 18.8 Å². The summed E-state index contributed by atoms with van der Waals surface area (Å²) in [6, 6.07) is 3.59. The van der Waals surface area contributed by atoms with Gasteiger partial charge in [-0.2, -0.15) is 0 Å². The van der Waals surface area contributed by atoms with Crippen molar-refractivity contribution in [3.05, 3.63) is 46.9 Å². The molecule has 0 atom stereocenters. The van der Waals surface area contributed by atoms with Gasteiger partial charge >= 0.3 is 0 Å². The van der Waals surface area contributed by atoms with E-state index in [1.165, 1.54) is 7.11 Å². The smallest absolute Gasteiger partial charge is 0.191 e. The number of aliphatic hydroxyl groups is 1. The first-order valence-corrected chi connectivity index (χ1v) is 5.79. The fourth-order valence-corrected chi connectivity index (χ4v) is 1.62. The van der Waals surface area contributed by atoms with Gasteiger partial charge in [0, 0.05) is 13.2 Å². The van der Waals surface area contributed by atoms with Gasteiger partial charge < -0.3 is 19.1 Å². The number of ether oxygens (including phenoxy) is 2. The summed E-state index contributed by atoms with van der Waals surface area (Å²) in [5, 5.41) is 12.5. The Morgan fingerprint density at radius 1 is 1.20 bits per heavy atom. The van der Waals surface area contributed by atoms with E-state index in [0.29, 0.717) is 11.5 Å². The average Bonchev–Trinajstić information content (AvgIpc) is 2.85. The molecule has 7 heteroatoms. The third kappa shape index (κ3) is 3.31. The van der Waals surface area contributed by atoms with E-state index >= 15 is 0 Å². The second-order valence-corrected chi connectivity index (χ2v) is 4.05. The van der Waals surface area contributed by atoms with Crippen LogP contribution in [0.15, 0.2) is 22.7 Å². The summed E-state index contributed by atoms with van der Waals surface area (Å²) in [6.45, 7) is -0.335. The lowest BCUT2D eigenvalue weighted by molar-refractivity contribution is 0.155. The number of hydrogen-bond acceptors (Lipinski definition) is 5. The van der Waals surface area contributed by atoms with E-state index in [9.17, 15) is 8.78 Å². The van der Waals surface area contributed by atoms with Crippen molar-refractivity contribution in [1.29, 1.82) is 0 Å². The molecule has 2 aromatic rings. The third-order valence-electron chi connectivity index (χ3n) is 2.50. The first kappa shape index (κ1) is 14.4. The fraction of sp³-hybridized carbons (Fsp3) is 0.308. The molecule has 0 saturated heterocycles. The highest BCUT2D eigenvalue weighted by atomic mass is 19.1. The lowest BCUT2D eigenvalue weighted by Crippen LogP contribution is -2.01. The average molecular weight is 285 g/mol. The molecule has 0 aliphatic heterocycles. The van der Waals surface area contributed by atoms with Gasteiger partial charge in [0.25, 0.3) is 0 Å². The van der Waals surface area contributed by atoms with Gasteiger partial charge in [-0.3, -0.25) is 0 Å². The monoisotopic (exact) mass is 285 g/mol. The zero-order valence-electron chi connectivity index (χ0n) is 10.7. The van der Waals surface area contributed by atoms with Crippen LogP contribution in [0.25, 0.3) is 0 Å². The predicted octanol–water partition coefficient (Wildman–Crippen LogP) is 2.17. The number of halogens is 2. The zero-order chi connectivity index (χ0) is 14.5. The Hall–Kier alpha value is -1.99. The van der Waals surface area contributed by atoms with Gasteiger partial charge in [-0.05, 0) is 17.7 Å². The largest absolute Gasteiger partial charge is 0.481 e. The summed E-state index contributed by atoms with van der Waals surface area (Å²) in [7, 11) is 1.51.